The molecule has 0 aliphatic heterocycles. The molecule has 11 heteroatoms. The number of nitriles is 1. The maximum absolute atomic E-state index is 12.4. The van der Waals surface area contributed by atoms with Gasteiger partial charge in [-0.1, -0.05) is 36.2 Å². The van der Waals surface area contributed by atoms with Gasteiger partial charge in [-0.25, -0.2) is 5.43 Å². The Morgan fingerprint density at radius 1 is 1.21 bits per heavy atom. The molecule has 0 aliphatic carbocycles. The van der Waals surface area contributed by atoms with Crippen LogP contribution in [0.4, 0.5) is 0 Å². The van der Waals surface area contributed by atoms with Crippen molar-refractivity contribution in [1.82, 2.24) is 5.43 Å². The van der Waals surface area contributed by atoms with Gasteiger partial charge in [-0.3, -0.25) is 9.59 Å². The van der Waals surface area contributed by atoms with E-state index in [4.69, 9.17) is 28.5 Å². The molecule has 6 nitrogen and oxygen atoms in total. The van der Waals surface area contributed by atoms with Crippen molar-refractivity contribution in [1.29, 1.82) is 5.26 Å². The zero-order chi connectivity index (χ0) is 23.4. The van der Waals surface area contributed by atoms with Crippen LogP contribution in [0, 0.1) is 17.2 Å². The molecule has 1 unspecified atom stereocenters. The number of benzene rings is 1. The topological polar surface area (TPSA) is 103 Å². The van der Waals surface area contributed by atoms with Gasteiger partial charge in [-0.05, 0) is 43.2 Å². The summed E-state index contributed by atoms with van der Waals surface area (Å²) in [6.45, 7) is 3.42. The molecule has 0 spiro atoms. The number of aromatic hydroxyl groups is 1. The van der Waals surface area contributed by atoms with Gasteiger partial charge in [0.1, 0.15) is 11.7 Å². The second-order valence-corrected chi connectivity index (χ2v) is 9.49. The van der Waals surface area contributed by atoms with Crippen LogP contribution in [0.15, 0.2) is 40.8 Å². The standard InChI is InChI=1S/C22H17Cl2N3O3S2.K.H/c1-3-12(9-25)19(28)17-6-7-18(32-17)22(30)27-26-11(2)14-10-31-21(20(14)29)13-4-5-15(23)16(24)8-13;;/h4-8,10,12,29H,3H2,1-2H3,(H,27,30);;. The van der Waals surface area contributed by atoms with Crippen LogP contribution in [0.1, 0.15) is 45.2 Å². The van der Waals surface area contributed by atoms with Gasteiger partial charge in [0.15, 0.2) is 5.78 Å². The molecule has 2 aromatic heterocycles. The summed E-state index contributed by atoms with van der Waals surface area (Å²) in [6, 6.07) is 10.1. The Labute approximate surface area is 251 Å². The molecule has 0 bridgehead atoms. The number of ketones is 1. The van der Waals surface area contributed by atoms with E-state index >= 15 is 0 Å². The van der Waals surface area contributed by atoms with Gasteiger partial charge in [0.25, 0.3) is 5.91 Å². The number of hydrogen-bond acceptors (Lipinski definition) is 7. The molecule has 0 saturated heterocycles. The van der Waals surface area contributed by atoms with E-state index in [9.17, 15) is 14.7 Å². The van der Waals surface area contributed by atoms with Gasteiger partial charge in [0, 0.05) is 5.38 Å². The van der Waals surface area contributed by atoms with Crippen molar-refractivity contribution in [2.45, 2.75) is 20.3 Å². The third kappa shape index (κ3) is 6.54. The van der Waals surface area contributed by atoms with Crippen LogP contribution in [0.5, 0.6) is 5.75 Å². The van der Waals surface area contributed by atoms with E-state index in [1.54, 1.807) is 37.4 Å². The van der Waals surface area contributed by atoms with Crippen LogP contribution in [0.25, 0.3) is 10.4 Å². The number of nitrogens with zero attached hydrogens (tertiary/aromatic N) is 2. The Kier molecular flexibility index (Phi) is 10.7. The monoisotopic (exact) mass is 545 g/mol. The molecule has 2 N–H and O–H groups in total. The van der Waals surface area contributed by atoms with E-state index in [1.807, 2.05) is 6.07 Å². The van der Waals surface area contributed by atoms with Crippen LogP contribution in [0.3, 0.4) is 0 Å². The fourth-order valence-electron chi connectivity index (χ4n) is 2.80. The number of carbonyl (C=O) groups is 2. The summed E-state index contributed by atoms with van der Waals surface area (Å²) < 4.78 is 0. The van der Waals surface area contributed by atoms with Crippen molar-refractivity contribution in [3.05, 3.63) is 61.1 Å². The zero-order valence-electron chi connectivity index (χ0n) is 17.0. The molecule has 3 aromatic rings. The van der Waals surface area contributed by atoms with Crippen molar-refractivity contribution in [3.63, 3.8) is 0 Å². The average Bonchev–Trinajstić information content (AvgIpc) is 3.42. The minimum absolute atomic E-state index is 0. The first-order valence-corrected chi connectivity index (χ1v) is 11.9. The Morgan fingerprint density at radius 2 is 1.91 bits per heavy atom. The van der Waals surface area contributed by atoms with Crippen molar-refractivity contribution in [2.24, 2.45) is 11.0 Å². The van der Waals surface area contributed by atoms with Crippen LogP contribution in [-0.2, 0) is 0 Å². The van der Waals surface area contributed by atoms with E-state index in [1.165, 1.54) is 23.5 Å². The van der Waals surface area contributed by atoms with Crippen molar-refractivity contribution >= 4 is 115 Å². The van der Waals surface area contributed by atoms with Crippen molar-refractivity contribution < 1.29 is 14.7 Å². The van der Waals surface area contributed by atoms with E-state index in [0.29, 0.717) is 47.9 Å². The van der Waals surface area contributed by atoms with Crippen LogP contribution < -0.4 is 5.43 Å². The van der Waals surface area contributed by atoms with Crippen molar-refractivity contribution in [2.75, 3.05) is 0 Å². The number of amides is 1. The molecule has 0 saturated carbocycles. The summed E-state index contributed by atoms with van der Waals surface area (Å²) in [5, 5.41) is 26.3. The van der Waals surface area contributed by atoms with Gasteiger partial charge in [-0.2, -0.15) is 10.4 Å². The molecule has 33 heavy (non-hydrogen) atoms. The van der Waals surface area contributed by atoms with Crippen LogP contribution in [0.2, 0.25) is 10.0 Å². The average molecular weight is 547 g/mol. The van der Waals surface area contributed by atoms with E-state index in [2.05, 4.69) is 10.5 Å². The van der Waals surface area contributed by atoms with Gasteiger partial charge in [-0.15, -0.1) is 22.7 Å². The molecule has 1 amide bonds. The fraction of sp³-hybridized carbons (Fsp3) is 0.182. The predicted octanol–water partition coefficient (Wildman–Crippen LogP) is 5.73. The number of thiophene rings is 2. The zero-order valence-corrected chi connectivity index (χ0v) is 20.1. The fourth-order valence-corrected chi connectivity index (χ4v) is 4.99. The normalized spacial score (nSPS) is 11.9. The first-order chi connectivity index (χ1) is 15.3. The number of Topliss-reactive ketones (excluding diaryl/α,β-unsaturated/α-hetero) is 1. The molecular formula is C22H18Cl2KN3O3S2. The first kappa shape index (κ1) is 28.2. The molecule has 2 heterocycles. The summed E-state index contributed by atoms with van der Waals surface area (Å²) >= 11 is 14.3. The summed E-state index contributed by atoms with van der Waals surface area (Å²) in [7, 11) is 0. The number of halogens is 2. The summed E-state index contributed by atoms with van der Waals surface area (Å²) in [6.07, 6.45) is 0.409. The predicted molar refractivity (Wildman–Crippen MR) is 136 cm³/mol. The van der Waals surface area contributed by atoms with Gasteiger partial charge >= 0.3 is 51.4 Å². The molecule has 166 valence electrons. The van der Waals surface area contributed by atoms with Crippen LogP contribution in [-0.4, -0.2) is 73.9 Å². The Balaban J connectivity index is 0.00000385. The molecular weight excluding hydrogens is 528 g/mol. The number of hydrazone groups is 1. The Hall–Kier alpha value is -1.06. The number of hydrogen-bond donors (Lipinski definition) is 2. The SMILES string of the molecule is CCC(C#N)C(=O)c1ccc(C(=O)NN=C(C)c2csc(-c3ccc(Cl)c(Cl)c3)c2O)s1.[KH]. The maximum atomic E-state index is 12.4. The second kappa shape index (κ2) is 12.6. The molecule has 0 fully saturated rings. The van der Waals surface area contributed by atoms with Crippen LogP contribution >= 0.6 is 45.9 Å². The second-order valence-electron chi connectivity index (χ2n) is 6.71. The quantitative estimate of drug-likeness (QED) is 0.171. The molecule has 0 radical (unpaired) electrons. The molecule has 3 rings (SSSR count). The van der Waals surface area contributed by atoms with E-state index < -0.39 is 11.8 Å². The summed E-state index contributed by atoms with van der Waals surface area (Å²) in [5.41, 5.74) is 4.02. The third-order valence-electron chi connectivity index (χ3n) is 4.61. The molecule has 1 aromatic carbocycles. The minimum atomic E-state index is -0.726. The first-order valence-electron chi connectivity index (χ1n) is 9.41. The Morgan fingerprint density at radius 3 is 2.55 bits per heavy atom. The Bertz CT molecular complexity index is 1260. The van der Waals surface area contributed by atoms with Gasteiger partial charge in [0.05, 0.1) is 42.0 Å². The number of rotatable bonds is 7. The molecule has 1 atom stereocenters. The van der Waals surface area contributed by atoms with E-state index in [-0.39, 0.29) is 62.9 Å². The number of carbonyl (C=O) groups excluding carboxylic acids is 2. The third-order valence-corrected chi connectivity index (χ3v) is 7.47. The van der Waals surface area contributed by atoms with E-state index in [0.717, 1.165) is 11.3 Å². The van der Waals surface area contributed by atoms with Crippen molar-refractivity contribution in [3.8, 4) is 22.3 Å². The molecule has 0 aliphatic rings. The van der Waals surface area contributed by atoms with Gasteiger partial charge in [0.2, 0.25) is 0 Å². The number of nitrogens with one attached hydrogen (secondary N) is 1. The van der Waals surface area contributed by atoms with Gasteiger partial charge < -0.3 is 5.11 Å². The summed E-state index contributed by atoms with van der Waals surface area (Å²) in [4.78, 5) is 26.0. The summed E-state index contributed by atoms with van der Waals surface area (Å²) in [5.74, 6) is -1.49.